The van der Waals surface area contributed by atoms with Crippen LogP contribution in [-0.2, 0) is 34.8 Å². The molecule has 2 aliphatic rings. The first kappa shape index (κ1) is 37.5. The Hall–Kier alpha value is -5.28. The van der Waals surface area contributed by atoms with Gasteiger partial charge < -0.3 is 14.4 Å². The Labute approximate surface area is 298 Å². The van der Waals surface area contributed by atoms with Crippen molar-refractivity contribution in [2.75, 3.05) is 25.1 Å². The summed E-state index contributed by atoms with van der Waals surface area (Å²) in [7, 11) is 1.28. The summed E-state index contributed by atoms with van der Waals surface area (Å²) in [6, 6.07) is 10.6. The first-order valence-electron chi connectivity index (χ1n) is 16.4. The molecule has 1 aromatic heterocycles. The number of amides is 1. The van der Waals surface area contributed by atoms with Gasteiger partial charge >= 0.3 is 24.4 Å². The van der Waals surface area contributed by atoms with Gasteiger partial charge in [0.15, 0.2) is 0 Å². The Balaban J connectivity index is 1.41. The molecular weight excluding hydrogens is 716 g/mol. The van der Waals surface area contributed by atoms with E-state index in [1.165, 1.54) is 25.1 Å². The second-order valence-electron chi connectivity index (χ2n) is 13.0. The molecule has 0 N–H and O–H groups in total. The third kappa shape index (κ3) is 7.49. The normalized spacial score (nSPS) is 18.5. The van der Waals surface area contributed by atoms with Crippen molar-refractivity contribution in [3.63, 3.8) is 0 Å². The zero-order chi connectivity index (χ0) is 38.6. The third-order valence-corrected chi connectivity index (χ3v) is 9.37. The highest BCUT2D eigenvalue weighted by Crippen LogP contribution is 2.42. The van der Waals surface area contributed by atoms with E-state index in [-0.39, 0.29) is 24.3 Å². The molecule has 1 amide bonds. The summed E-state index contributed by atoms with van der Waals surface area (Å²) in [5, 5.41) is 0. The van der Waals surface area contributed by atoms with Crippen molar-refractivity contribution in [3.05, 3.63) is 99.9 Å². The van der Waals surface area contributed by atoms with Crippen molar-refractivity contribution >= 4 is 18.0 Å². The number of cyclic esters (lactones) is 1. The Morgan fingerprint density at radius 2 is 1.60 bits per heavy atom. The van der Waals surface area contributed by atoms with Crippen molar-refractivity contribution in [2.45, 2.75) is 64.2 Å². The molecule has 0 saturated carbocycles. The van der Waals surface area contributed by atoms with Crippen LogP contribution in [-0.4, -0.2) is 59.1 Å². The number of halogens is 8. The van der Waals surface area contributed by atoms with Gasteiger partial charge in [0.2, 0.25) is 5.95 Å². The predicted molar refractivity (Wildman–Crippen MR) is 176 cm³/mol. The Kier molecular flexibility index (Phi) is 9.62. The maximum atomic E-state index is 13.9. The number of aryl methyl sites for hydroxylation is 2. The lowest BCUT2D eigenvalue weighted by molar-refractivity contribution is -0.143. The van der Waals surface area contributed by atoms with Crippen LogP contribution in [0.2, 0.25) is 0 Å². The van der Waals surface area contributed by atoms with Crippen LogP contribution < -0.4 is 4.90 Å². The van der Waals surface area contributed by atoms with Crippen LogP contribution in [0.15, 0.2) is 60.8 Å². The van der Waals surface area contributed by atoms with Crippen LogP contribution in [0.3, 0.4) is 0 Å². The molecule has 2 aliphatic heterocycles. The molecule has 8 nitrogen and oxygen atoms in total. The van der Waals surface area contributed by atoms with Crippen molar-refractivity contribution in [2.24, 2.45) is 0 Å². The van der Waals surface area contributed by atoms with E-state index in [1.54, 1.807) is 18.2 Å². The van der Waals surface area contributed by atoms with Gasteiger partial charge in [0.1, 0.15) is 6.10 Å². The maximum absolute atomic E-state index is 13.9. The number of nitrogens with zero attached hydrogens (tertiary/aromatic N) is 4. The number of ether oxygens (including phenoxy) is 2. The summed E-state index contributed by atoms with van der Waals surface area (Å²) < 4.78 is 120. The molecule has 16 heteroatoms. The van der Waals surface area contributed by atoms with Crippen LogP contribution in [0.4, 0.5) is 45.9 Å². The number of methoxy groups -OCH3 is 1. The highest BCUT2D eigenvalue weighted by atomic mass is 19.4. The molecule has 2 atom stereocenters. The predicted octanol–water partition coefficient (Wildman–Crippen LogP) is 9.04. The van der Waals surface area contributed by atoms with Crippen molar-refractivity contribution in [1.82, 2.24) is 14.9 Å². The van der Waals surface area contributed by atoms with Gasteiger partial charge in [-0.25, -0.2) is 28.3 Å². The summed E-state index contributed by atoms with van der Waals surface area (Å²) in [5.41, 5.74) is 1.06. The number of esters is 1. The molecule has 0 unspecified atom stereocenters. The fourth-order valence-corrected chi connectivity index (χ4v) is 6.56. The van der Waals surface area contributed by atoms with E-state index in [2.05, 4.69) is 9.97 Å². The third-order valence-electron chi connectivity index (χ3n) is 9.37. The number of rotatable bonds is 8. The highest BCUT2D eigenvalue weighted by Gasteiger charge is 2.46. The van der Waals surface area contributed by atoms with Gasteiger partial charge in [-0.3, -0.25) is 4.90 Å². The first-order chi connectivity index (χ1) is 24.8. The molecule has 0 radical (unpaired) electrons. The van der Waals surface area contributed by atoms with E-state index in [0.717, 1.165) is 27.2 Å². The van der Waals surface area contributed by atoms with E-state index in [0.29, 0.717) is 35.2 Å². The van der Waals surface area contributed by atoms with E-state index >= 15 is 0 Å². The maximum Gasteiger partial charge on any atom is 0.416 e. The molecule has 6 rings (SSSR count). The molecule has 3 heterocycles. The van der Waals surface area contributed by atoms with Gasteiger partial charge in [0.05, 0.1) is 55.2 Å². The second kappa shape index (κ2) is 13.6. The molecule has 0 aliphatic carbocycles. The zero-order valence-electron chi connectivity index (χ0n) is 28.7. The van der Waals surface area contributed by atoms with E-state index in [9.17, 15) is 44.7 Å². The van der Waals surface area contributed by atoms with Crippen molar-refractivity contribution in [3.8, 4) is 22.3 Å². The van der Waals surface area contributed by atoms with Crippen molar-refractivity contribution < 1.29 is 54.2 Å². The fraction of sp³-hybridized carbons (Fsp3) is 0.351. The SMILES string of the molecule is CCc1ccc(-c2ccc(C(=O)OC)cc2C)cc1-c1cnc(N2CC(F)(F)C2)nc1CN1C(=O)O[C@H](c2cc(C(F)(F)F)cc(C(F)(F)F)c2)[C@@H]1C. The number of aromatic nitrogens is 2. The van der Waals surface area contributed by atoms with Gasteiger partial charge in [0.25, 0.3) is 5.92 Å². The van der Waals surface area contributed by atoms with E-state index in [1.807, 2.05) is 32.0 Å². The van der Waals surface area contributed by atoms with Crippen LogP contribution in [0.25, 0.3) is 22.3 Å². The summed E-state index contributed by atoms with van der Waals surface area (Å²) >= 11 is 0. The first-order valence-corrected chi connectivity index (χ1v) is 16.4. The number of carbonyl (C=O) groups excluding carboxylic acids is 2. The van der Waals surface area contributed by atoms with Gasteiger partial charge in [0, 0.05) is 11.8 Å². The zero-order valence-corrected chi connectivity index (χ0v) is 28.7. The van der Waals surface area contributed by atoms with Gasteiger partial charge in [-0.15, -0.1) is 0 Å². The Morgan fingerprint density at radius 1 is 0.943 bits per heavy atom. The molecule has 4 aromatic rings. The molecular formula is C37H32F8N4O4. The topological polar surface area (TPSA) is 84.9 Å². The largest absolute Gasteiger partial charge is 0.465 e. The van der Waals surface area contributed by atoms with Crippen LogP contribution >= 0.6 is 0 Å². The lowest BCUT2D eigenvalue weighted by Gasteiger charge is -2.38. The van der Waals surface area contributed by atoms with Crippen LogP contribution in [0.5, 0.6) is 0 Å². The monoisotopic (exact) mass is 748 g/mol. The number of hydrogen-bond acceptors (Lipinski definition) is 7. The molecule has 0 spiro atoms. The molecule has 3 aromatic carbocycles. The van der Waals surface area contributed by atoms with Crippen molar-refractivity contribution in [1.29, 1.82) is 0 Å². The Morgan fingerprint density at radius 3 is 2.17 bits per heavy atom. The number of carbonyl (C=O) groups is 2. The highest BCUT2D eigenvalue weighted by molar-refractivity contribution is 5.91. The summed E-state index contributed by atoms with van der Waals surface area (Å²) in [6.45, 7) is 3.49. The minimum atomic E-state index is -5.12. The fourth-order valence-electron chi connectivity index (χ4n) is 6.56. The molecule has 0 bridgehead atoms. The van der Waals surface area contributed by atoms with Crippen LogP contribution in [0.1, 0.15) is 63.8 Å². The van der Waals surface area contributed by atoms with Crippen LogP contribution in [0, 0.1) is 6.92 Å². The average Bonchev–Trinajstić information content (AvgIpc) is 3.37. The summed E-state index contributed by atoms with van der Waals surface area (Å²) in [5.74, 6) is -3.52. The minimum absolute atomic E-state index is 0.00880. The van der Waals surface area contributed by atoms with E-state index < -0.39 is 72.3 Å². The second-order valence-corrected chi connectivity index (χ2v) is 13.0. The molecule has 2 fully saturated rings. The average molecular weight is 749 g/mol. The number of benzene rings is 3. The van der Waals surface area contributed by atoms with Gasteiger partial charge in [-0.2, -0.15) is 26.3 Å². The quantitative estimate of drug-likeness (QED) is 0.131. The molecule has 280 valence electrons. The lowest BCUT2D eigenvalue weighted by atomic mass is 9.91. The number of hydrogen-bond donors (Lipinski definition) is 0. The number of anilines is 1. The summed E-state index contributed by atoms with van der Waals surface area (Å²) in [6.07, 6.45) is -10.8. The van der Waals surface area contributed by atoms with E-state index in [4.69, 9.17) is 9.47 Å². The smallest absolute Gasteiger partial charge is 0.416 e. The molecule has 53 heavy (non-hydrogen) atoms. The standard InChI is InChI=1S/C37H32F8N4O4/c1-5-21-6-7-22(27-9-8-23(10-19(27)2)32(50)52-4)13-28(21)29-15-46-33(48-17-35(38,39)18-48)47-30(29)16-49-20(3)31(53-34(49)51)24-11-25(36(40,41)42)14-26(12-24)37(43,44)45/h6-15,20,31H,5,16-18H2,1-4H3/t20-,31-/m0/s1. The van der Waals surface area contributed by atoms with Gasteiger partial charge in [-0.1, -0.05) is 25.1 Å². The lowest BCUT2D eigenvalue weighted by Crippen LogP contribution is -2.57. The summed E-state index contributed by atoms with van der Waals surface area (Å²) in [4.78, 5) is 36.7. The van der Waals surface area contributed by atoms with Gasteiger partial charge in [-0.05, 0) is 90.0 Å². The minimum Gasteiger partial charge on any atom is -0.465 e. The Bertz CT molecular complexity index is 2040. The molecule has 2 saturated heterocycles. The number of alkyl halides is 8.